The van der Waals surface area contributed by atoms with Gasteiger partial charge in [-0.25, -0.2) is 4.39 Å². The summed E-state index contributed by atoms with van der Waals surface area (Å²) in [6.45, 7) is 0.335. The van der Waals surface area contributed by atoms with Gasteiger partial charge in [-0.05, 0) is 59.0 Å². The Labute approximate surface area is 222 Å². The highest BCUT2D eigenvalue weighted by Crippen LogP contribution is 2.35. The van der Waals surface area contributed by atoms with Crippen LogP contribution in [0.5, 0.6) is 5.75 Å². The molecule has 0 unspecified atom stereocenters. The number of aromatic nitrogens is 3. The van der Waals surface area contributed by atoms with Gasteiger partial charge in [-0.1, -0.05) is 54.2 Å². The quantitative estimate of drug-likeness (QED) is 0.225. The molecule has 2 heterocycles. The maximum Gasteiger partial charge on any atom is 0.251 e. The van der Waals surface area contributed by atoms with Crippen molar-refractivity contribution in [2.45, 2.75) is 17.5 Å². The van der Waals surface area contributed by atoms with E-state index in [0.717, 1.165) is 38.4 Å². The lowest BCUT2D eigenvalue weighted by Crippen LogP contribution is -2.22. The van der Waals surface area contributed by atoms with Crippen LogP contribution < -0.4 is 10.1 Å². The van der Waals surface area contributed by atoms with Crippen LogP contribution in [0.2, 0.25) is 0 Å². The Hall–Kier alpha value is -3.95. The van der Waals surface area contributed by atoms with E-state index in [1.54, 1.807) is 54.5 Å². The van der Waals surface area contributed by atoms with Crippen molar-refractivity contribution in [2.24, 2.45) is 0 Å². The van der Waals surface area contributed by atoms with E-state index in [0.29, 0.717) is 17.9 Å². The van der Waals surface area contributed by atoms with E-state index >= 15 is 0 Å². The fourth-order valence-corrected chi connectivity index (χ4v) is 5.35. The van der Waals surface area contributed by atoms with Crippen molar-refractivity contribution in [2.75, 3.05) is 7.11 Å². The third-order valence-electron chi connectivity index (χ3n) is 5.65. The molecular weight excluding hydrogens is 507 g/mol. The van der Waals surface area contributed by atoms with Crippen molar-refractivity contribution in [3.05, 3.63) is 113 Å². The molecule has 1 N–H and O–H groups in total. The highest BCUT2D eigenvalue weighted by Gasteiger charge is 2.19. The normalized spacial score (nSPS) is 10.9. The Morgan fingerprint density at radius 3 is 2.46 bits per heavy atom. The second-order valence-electron chi connectivity index (χ2n) is 8.09. The molecule has 1 amide bonds. The Bertz CT molecular complexity index is 1480. The van der Waals surface area contributed by atoms with Gasteiger partial charge >= 0.3 is 0 Å². The molecule has 6 nitrogen and oxygen atoms in total. The number of methoxy groups -OCH3 is 1. The highest BCUT2D eigenvalue weighted by molar-refractivity contribution is 7.98. The van der Waals surface area contributed by atoms with Gasteiger partial charge in [0.15, 0.2) is 11.0 Å². The van der Waals surface area contributed by atoms with Crippen molar-refractivity contribution < 1.29 is 13.9 Å². The summed E-state index contributed by atoms with van der Waals surface area (Å²) in [5.74, 6) is 1.66. The van der Waals surface area contributed by atoms with Crippen LogP contribution in [0, 0.1) is 5.82 Å². The number of thioether (sulfide) groups is 1. The summed E-state index contributed by atoms with van der Waals surface area (Å²) in [5.41, 5.74) is 3.32. The van der Waals surface area contributed by atoms with Crippen molar-refractivity contribution in [3.8, 4) is 22.1 Å². The predicted octanol–water partition coefficient (Wildman–Crippen LogP) is 6.37. The van der Waals surface area contributed by atoms with E-state index in [4.69, 9.17) is 4.74 Å². The van der Waals surface area contributed by atoms with Crippen LogP contribution in [0.1, 0.15) is 21.5 Å². The molecule has 186 valence electrons. The van der Waals surface area contributed by atoms with E-state index in [9.17, 15) is 9.18 Å². The van der Waals surface area contributed by atoms with Gasteiger partial charge in [-0.15, -0.1) is 21.5 Å². The number of nitrogens with one attached hydrogen (secondary N) is 1. The van der Waals surface area contributed by atoms with Gasteiger partial charge < -0.3 is 10.1 Å². The van der Waals surface area contributed by atoms with Gasteiger partial charge in [0.1, 0.15) is 11.6 Å². The Morgan fingerprint density at radius 2 is 1.73 bits per heavy atom. The van der Waals surface area contributed by atoms with Crippen molar-refractivity contribution in [1.29, 1.82) is 0 Å². The molecule has 5 aromatic rings. The number of rotatable bonds is 9. The summed E-state index contributed by atoms with van der Waals surface area (Å²) in [7, 11) is 1.65. The molecule has 0 aliphatic heterocycles. The van der Waals surface area contributed by atoms with E-state index in [1.807, 2.05) is 58.5 Å². The van der Waals surface area contributed by atoms with Crippen LogP contribution in [-0.2, 0) is 12.3 Å². The smallest absolute Gasteiger partial charge is 0.251 e. The SMILES string of the molecule is COc1ccccc1-n1c(SCc2ccc(C(=O)NCc3ccc(F)cc3)cc2)nnc1-c1cccs1. The third kappa shape index (κ3) is 5.73. The minimum absolute atomic E-state index is 0.181. The number of halogens is 1. The van der Waals surface area contributed by atoms with E-state index in [2.05, 4.69) is 15.5 Å². The summed E-state index contributed by atoms with van der Waals surface area (Å²) in [4.78, 5) is 13.5. The first-order chi connectivity index (χ1) is 18.1. The average molecular weight is 531 g/mol. The predicted molar refractivity (Wildman–Crippen MR) is 145 cm³/mol. The zero-order chi connectivity index (χ0) is 25.6. The van der Waals surface area contributed by atoms with Gasteiger partial charge in [-0.3, -0.25) is 9.36 Å². The molecule has 37 heavy (non-hydrogen) atoms. The topological polar surface area (TPSA) is 69.0 Å². The minimum Gasteiger partial charge on any atom is -0.495 e. The molecule has 0 saturated carbocycles. The van der Waals surface area contributed by atoms with Gasteiger partial charge in [0.05, 0.1) is 17.7 Å². The molecule has 0 aliphatic rings. The van der Waals surface area contributed by atoms with E-state index < -0.39 is 0 Å². The Balaban J connectivity index is 1.30. The molecule has 0 spiro atoms. The number of amides is 1. The minimum atomic E-state index is -0.299. The van der Waals surface area contributed by atoms with Gasteiger partial charge in [-0.2, -0.15) is 0 Å². The monoisotopic (exact) mass is 530 g/mol. The van der Waals surface area contributed by atoms with Crippen LogP contribution in [-0.4, -0.2) is 27.8 Å². The molecular formula is C28H23FN4O2S2. The lowest BCUT2D eigenvalue weighted by molar-refractivity contribution is 0.0951. The van der Waals surface area contributed by atoms with Crippen LogP contribution in [0.25, 0.3) is 16.4 Å². The summed E-state index contributed by atoms with van der Waals surface area (Å²) >= 11 is 3.17. The number of ether oxygens (including phenoxy) is 1. The van der Waals surface area contributed by atoms with E-state index in [1.165, 1.54) is 12.1 Å². The number of hydrogen-bond donors (Lipinski definition) is 1. The standard InChI is InChI=1S/C28H23FN4O2S2/c1-35-24-6-3-2-5-23(24)33-26(25-7-4-16-36-25)31-32-28(33)37-18-20-8-12-21(13-9-20)27(34)30-17-19-10-14-22(29)15-11-19/h2-16H,17-18H2,1H3,(H,30,34). The van der Waals surface area contributed by atoms with Crippen molar-refractivity contribution in [1.82, 2.24) is 20.1 Å². The van der Waals surface area contributed by atoms with Crippen LogP contribution in [0.4, 0.5) is 4.39 Å². The number of para-hydroxylation sites is 2. The number of carbonyl (C=O) groups excluding carboxylic acids is 1. The molecule has 0 radical (unpaired) electrons. The molecule has 2 aromatic heterocycles. The molecule has 0 fully saturated rings. The summed E-state index contributed by atoms with van der Waals surface area (Å²) in [5, 5.41) is 14.6. The van der Waals surface area contributed by atoms with Crippen LogP contribution in [0.15, 0.2) is 95.5 Å². The molecule has 0 bridgehead atoms. The van der Waals surface area contributed by atoms with Crippen LogP contribution >= 0.6 is 23.1 Å². The van der Waals surface area contributed by atoms with Crippen molar-refractivity contribution in [3.63, 3.8) is 0 Å². The van der Waals surface area contributed by atoms with Gasteiger partial charge in [0.25, 0.3) is 5.91 Å². The first-order valence-corrected chi connectivity index (χ1v) is 13.4. The molecule has 0 saturated heterocycles. The average Bonchev–Trinajstić information content (AvgIpc) is 3.62. The maximum absolute atomic E-state index is 13.1. The molecule has 5 rings (SSSR count). The van der Waals surface area contributed by atoms with E-state index in [-0.39, 0.29) is 11.7 Å². The fraction of sp³-hybridized carbons (Fsp3) is 0.107. The third-order valence-corrected chi connectivity index (χ3v) is 7.52. The molecule has 3 aromatic carbocycles. The van der Waals surface area contributed by atoms with Crippen molar-refractivity contribution >= 4 is 29.0 Å². The summed E-state index contributed by atoms with van der Waals surface area (Å²) in [6.07, 6.45) is 0. The second-order valence-corrected chi connectivity index (χ2v) is 9.98. The first kappa shape index (κ1) is 24.7. The first-order valence-electron chi connectivity index (χ1n) is 11.5. The molecule has 0 aliphatic carbocycles. The molecule has 9 heteroatoms. The number of nitrogens with zero attached hydrogens (tertiary/aromatic N) is 3. The number of benzene rings is 3. The zero-order valence-corrected chi connectivity index (χ0v) is 21.6. The highest BCUT2D eigenvalue weighted by atomic mass is 32.2. The summed E-state index contributed by atoms with van der Waals surface area (Å²) in [6, 6.07) is 25.4. The number of carbonyl (C=O) groups is 1. The lowest BCUT2D eigenvalue weighted by atomic mass is 10.1. The second kappa shape index (κ2) is 11.4. The summed E-state index contributed by atoms with van der Waals surface area (Å²) < 4.78 is 20.7. The number of hydrogen-bond acceptors (Lipinski definition) is 6. The fourth-order valence-electron chi connectivity index (χ4n) is 3.75. The maximum atomic E-state index is 13.1. The number of thiophene rings is 1. The zero-order valence-electron chi connectivity index (χ0n) is 19.9. The van der Waals surface area contributed by atoms with Gasteiger partial charge in [0.2, 0.25) is 0 Å². The van der Waals surface area contributed by atoms with Crippen LogP contribution in [0.3, 0.4) is 0 Å². The molecule has 0 atom stereocenters. The Morgan fingerprint density at radius 1 is 0.973 bits per heavy atom. The largest absolute Gasteiger partial charge is 0.495 e. The lowest BCUT2D eigenvalue weighted by Gasteiger charge is -2.13. The van der Waals surface area contributed by atoms with Gasteiger partial charge in [0, 0.05) is 17.9 Å². The Kier molecular flexibility index (Phi) is 7.62.